The zero-order valence-corrected chi connectivity index (χ0v) is 12.5. The van der Waals surface area contributed by atoms with Crippen molar-refractivity contribution < 1.29 is 14.7 Å². The number of carboxylic acids is 1. The van der Waals surface area contributed by atoms with Crippen LogP contribution >= 0.6 is 0 Å². The van der Waals surface area contributed by atoms with Gasteiger partial charge in [-0.15, -0.1) is 0 Å². The van der Waals surface area contributed by atoms with Crippen LogP contribution < -0.4 is 5.32 Å². The van der Waals surface area contributed by atoms with Crippen molar-refractivity contribution in [3.63, 3.8) is 0 Å². The van der Waals surface area contributed by atoms with Gasteiger partial charge in [0, 0.05) is 18.8 Å². The van der Waals surface area contributed by atoms with E-state index >= 15 is 0 Å². The topological polar surface area (TPSA) is 82.5 Å². The molecule has 118 valence electrons. The van der Waals surface area contributed by atoms with E-state index in [2.05, 4.69) is 10.3 Å². The van der Waals surface area contributed by atoms with Crippen molar-refractivity contribution in [2.24, 2.45) is 5.92 Å². The average Bonchev–Trinajstić information content (AvgIpc) is 2.55. The Bertz CT molecular complexity index is 588. The Balaban J connectivity index is 1.65. The Kier molecular flexibility index (Phi) is 4.27. The Morgan fingerprint density at radius 1 is 1.27 bits per heavy atom. The Morgan fingerprint density at radius 2 is 2.09 bits per heavy atom. The number of carbonyl (C=O) groups is 2. The number of carbonyl (C=O) groups excluding carboxylic acids is 1. The molecule has 1 fully saturated rings. The molecule has 0 saturated carbocycles. The number of likely N-dealkylation sites (tertiary alicyclic amines) is 1. The van der Waals surface area contributed by atoms with Gasteiger partial charge in [-0.2, -0.15) is 0 Å². The third-order valence-electron chi connectivity index (χ3n) is 4.48. The molecule has 1 aliphatic carbocycles. The van der Waals surface area contributed by atoms with E-state index in [-0.39, 0.29) is 12.6 Å². The molecule has 22 heavy (non-hydrogen) atoms. The molecule has 3 rings (SSSR count). The number of carboxylic acid groups (broad SMARTS) is 1. The number of amides is 2. The smallest absolute Gasteiger partial charge is 0.321 e. The molecular weight excluding hydrogens is 282 g/mol. The van der Waals surface area contributed by atoms with Crippen LogP contribution in [0.1, 0.15) is 36.9 Å². The van der Waals surface area contributed by atoms with Crippen molar-refractivity contribution in [1.82, 2.24) is 9.88 Å². The third-order valence-corrected chi connectivity index (χ3v) is 4.48. The second-order valence-electron chi connectivity index (χ2n) is 6.09. The molecule has 1 aromatic heterocycles. The highest BCUT2D eigenvalue weighted by Gasteiger charge is 2.28. The minimum Gasteiger partial charge on any atom is -0.481 e. The molecule has 0 aromatic carbocycles. The second-order valence-corrected chi connectivity index (χ2v) is 6.09. The van der Waals surface area contributed by atoms with Gasteiger partial charge in [0.2, 0.25) is 0 Å². The van der Waals surface area contributed by atoms with Gasteiger partial charge >= 0.3 is 12.0 Å². The summed E-state index contributed by atoms with van der Waals surface area (Å²) in [6.45, 7) is 0.882. The van der Waals surface area contributed by atoms with Gasteiger partial charge < -0.3 is 15.3 Å². The lowest BCUT2D eigenvalue weighted by atomic mass is 9.96. The number of urea groups is 1. The largest absolute Gasteiger partial charge is 0.481 e. The summed E-state index contributed by atoms with van der Waals surface area (Å²) in [5, 5.41) is 11.9. The molecule has 2 amide bonds. The van der Waals surface area contributed by atoms with Crippen molar-refractivity contribution in [2.45, 2.75) is 38.5 Å². The summed E-state index contributed by atoms with van der Waals surface area (Å²) >= 11 is 0. The van der Waals surface area contributed by atoms with Crippen LogP contribution in [-0.4, -0.2) is 40.1 Å². The number of aliphatic carboxylic acids is 1. The van der Waals surface area contributed by atoms with Crippen molar-refractivity contribution in [3.8, 4) is 0 Å². The van der Waals surface area contributed by atoms with Crippen molar-refractivity contribution in [3.05, 3.63) is 23.5 Å². The number of hydrogen-bond acceptors (Lipinski definition) is 3. The highest BCUT2D eigenvalue weighted by molar-refractivity contribution is 5.89. The zero-order chi connectivity index (χ0) is 15.5. The van der Waals surface area contributed by atoms with E-state index < -0.39 is 11.9 Å². The number of nitrogens with zero attached hydrogens (tertiary/aromatic N) is 2. The third kappa shape index (κ3) is 3.21. The molecule has 2 N–H and O–H groups in total. The van der Waals surface area contributed by atoms with Crippen LogP contribution in [0, 0.1) is 5.92 Å². The molecule has 6 nitrogen and oxygen atoms in total. The number of hydrogen-bond donors (Lipinski definition) is 2. The standard InChI is InChI=1S/C16H21N3O3/c20-15(21)12-5-3-7-19(10-12)16(22)18-13-8-11-4-1-2-6-14(11)17-9-13/h8-9,12H,1-7,10H2,(H,18,22)(H,20,21). The van der Waals surface area contributed by atoms with E-state index in [4.69, 9.17) is 5.11 Å². The molecule has 0 radical (unpaired) electrons. The van der Waals surface area contributed by atoms with Gasteiger partial charge in [-0.05, 0) is 50.2 Å². The minimum atomic E-state index is -0.826. The number of rotatable bonds is 2. The summed E-state index contributed by atoms with van der Waals surface area (Å²) in [5.41, 5.74) is 3.04. The van der Waals surface area contributed by atoms with E-state index in [1.165, 1.54) is 18.4 Å². The highest BCUT2D eigenvalue weighted by atomic mass is 16.4. The summed E-state index contributed by atoms with van der Waals surface area (Å²) in [6.07, 6.45) is 7.42. The van der Waals surface area contributed by atoms with Crippen molar-refractivity contribution in [1.29, 1.82) is 0 Å². The van der Waals surface area contributed by atoms with Crippen LogP contribution in [0.2, 0.25) is 0 Å². The van der Waals surface area contributed by atoms with E-state index in [0.29, 0.717) is 18.7 Å². The first-order chi connectivity index (χ1) is 10.6. The summed E-state index contributed by atoms with van der Waals surface area (Å²) in [6, 6.07) is 1.77. The normalized spacial score (nSPS) is 21.1. The van der Waals surface area contributed by atoms with Gasteiger partial charge in [-0.3, -0.25) is 9.78 Å². The van der Waals surface area contributed by atoms with Crippen LogP contribution in [0.15, 0.2) is 12.3 Å². The monoisotopic (exact) mass is 303 g/mol. The SMILES string of the molecule is O=C(O)C1CCCN(C(=O)Nc2cnc3c(c2)CCCC3)C1. The molecule has 0 spiro atoms. The van der Waals surface area contributed by atoms with Gasteiger partial charge in [0.25, 0.3) is 0 Å². The molecule has 2 aliphatic rings. The van der Waals surface area contributed by atoms with E-state index in [1.54, 1.807) is 11.1 Å². The maximum atomic E-state index is 12.3. The summed E-state index contributed by atoms with van der Waals surface area (Å²) in [7, 11) is 0. The molecule has 1 atom stereocenters. The number of piperidine rings is 1. The number of nitrogens with one attached hydrogen (secondary N) is 1. The molecule has 1 aliphatic heterocycles. The van der Waals surface area contributed by atoms with Crippen LogP contribution in [0.3, 0.4) is 0 Å². The van der Waals surface area contributed by atoms with E-state index in [0.717, 1.165) is 25.0 Å². The van der Waals surface area contributed by atoms with E-state index in [1.807, 2.05) is 6.07 Å². The quantitative estimate of drug-likeness (QED) is 0.878. The lowest BCUT2D eigenvalue weighted by molar-refractivity contribution is -0.143. The molecule has 1 unspecified atom stereocenters. The fourth-order valence-corrected chi connectivity index (χ4v) is 3.22. The Morgan fingerprint density at radius 3 is 2.91 bits per heavy atom. The number of fused-ring (bicyclic) bond motifs is 1. The maximum Gasteiger partial charge on any atom is 0.321 e. The Hall–Kier alpha value is -2.11. The summed E-state index contributed by atoms with van der Waals surface area (Å²) < 4.78 is 0. The Labute approximate surface area is 129 Å². The first-order valence-electron chi connectivity index (χ1n) is 7.90. The van der Waals surface area contributed by atoms with Gasteiger partial charge in [-0.1, -0.05) is 0 Å². The van der Waals surface area contributed by atoms with Crippen molar-refractivity contribution >= 4 is 17.7 Å². The predicted molar refractivity (Wildman–Crippen MR) is 81.8 cm³/mol. The summed E-state index contributed by atoms with van der Waals surface area (Å²) in [4.78, 5) is 29.4. The van der Waals surface area contributed by atoms with Gasteiger partial charge in [0.1, 0.15) is 0 Å². The second kappa shape index (κ2) is 6.34. The van der Waals surface area contributed by atoms with Gasteiger partial charge in [-0.25, -0.2) is 4.79 Å². The molecule has 1 saturated heterocycles. The summed E-state index contributed by atoms with van der Waals surface area (Å²) in [5.74, 6) is -1.28. The van der Waals surface area contributed by atoms with Crippen LogP contribution in [0.5, 0.6) is 0 Å². The van der Waals surface area contributed by atoms with E-state index in [9.17, 15) is 9.59 Å². The zero-order valence-electron chi connectivity index (χ0n) is 12.5. The fraction of sp³-hybridized carbons (Fsp3) is 0.562. The number of anilines is 1. The maximum absolute atomic E-state index is 12.3. The molecule has 0 bridgehead atoms. The number of pyridine rings is 1. The van der Waals surface area contributed by atoms with Gasteiger partial charge in [0.15, 0.2) is 0 Å². The first kappa shape index (κ1) is 14.8. The van der Waals surface area contributed by atoms with Crippen LogP contribution in [-0.2, 0) is 17.6 Å². The van der Waals surface area contributed by atoms with Gasteiger partial charge in [0.05, 0.1) is 17.8 Å². The predicted octanol–water partition coefficient (Wildman–Crippen LogP) is 2.29. The van der Waals surface area contributed by atoms with Crippen LogP contribution in [0.25, 0.3) is 0 Å². The first-order valence-corrected chi connectivity index (χ1v) is 7.90. The highest BCUT2D eigenvalue weighted by Crippen LogP contribution is 2.23. The molecular formula is C16H21N3O3. The minimum absolute atomic E-state index is 0.233. The number of aromatic nitrogens is 1. The van der Waals surface area contributed by atoms with Crippen LogP contribution in [0.4, 0.5) is 10.5 Å². The number of aryl methyl sites for hydroxylation is 2. The lowest BCUT2D eigenvalue weighted by Crippen LogP contribution is -2.44. The molecule has 6 heteroatoms. The molecule has 1 aromatic rings. The fourth-order valence-electron chi connectivity index (χ4n) is 3.22. The molecule has 2 heterocycles. The van der Waals surface area contributed by atoms with Crippen molar-refractivity contribution in [2.75, 3.05) is 18.4 Å². The lowest BCUT2D eigenvalue weighted by Gasteiger charge is -2.30. The average molecular weight is 303 g/mol.